The van der Waals surface area contributed by atoms with Gasteiger partial charge >= 0.3 is 12.1 Å². The second kappa shape index (κ2) is 11.9. The number of carbonyl (C=O) groups excluding carboxylic acids is 1. The van der Waals surface area contributed by atoms with Gasteiger partial charge in [-0.1, -0.05) is 42.8 Å². The highest BCUT2D eigenvalue weighted by atomic mass is 19.4. The molecule has 1 N–H and O–H groups in total. The summed E-state index contributed by atoms with van der Waals surface area (Å²) in [6.07, 6.45) is -0.736. The highest BCUT2D eigenvalue weighted by Gasteiger charge is 2.79. The van der Waals surface area contributed by atoms with Crippen LogP contribution in [-0.2, 0) is 17.9 Å². The predicted molar refractivity (Wildman–Crippen MR) is 167 cm³/mol. The third-order valence-corrected chi connectivity index (χ3v) is 12.1. The van der Waals surface area contributed by atoms with E-state index in [1.54, 1.807) is 6.08 Å². The van der Waals surface area contributed by atoms with Crippen LogP contribution in [0.5, 0.6) is 0 Å². The van der Waals surface area contributed by atoms with Crippen molar-refractivity contribution in [2.24, 2.45) is 17.3 Å². The molecule has 1 aliphatic heterocycles. The van der Waals surface area contributed by atoms with Crippen LogP contribution in [-0.4, -0.2) is 69.6 Å². The summed E-state index contributed by atoms with van der Waals surface area (Å²) in [6, 6.07) is 14.0. The van der Waals surface area contributed by atoms with Gasteiger partial charge in [-0.3, -0.25) is 19.6 Å². The lowest BCUT2D eigenvalue weighted by atomic mass is 9.50. The summed E-state index contributed by atoms with van der Waals surface area (Å²) in [7, 11) is 0. The first-order valence-electron chi connectivity index (χ1n) is 16.9. The van der Waals surface area contributed by atoms with Crippen LogP contribution in [0.25, 0.3) is 0 Å². The number of hydrogen-bond donors (Lipinski definition) is 1. The highest BCUT2D eigenvalue weighted by molar-refractivity contribution is 5.93. The Morgan fingerprint density at radius 3 is 2.28 bits per heavy atom. The molecule has 7 rings (SSSR count). The van der Waals surface area contributed by atoms with E-state index in [0.717, 1.165) is 72.8 Å². The van der Waals surface area contributed by atoms with Gasteiger partial charge in [0.1, 0.15) is 5.60 Å². The van der Waals surface area contributed by atoms with Crippen molar-refractivity contribution in [3.8, 4) is 0 Å². The number of rotatable bonds is 6. The van der Waals surface area contributed by atoms with Crippen LogP contribution in [0, 0.1) is 17.3 Å². The second-order valence-corrected chi connectivity index (χ2v) is 14.6. The molecule has 2 saturated carbocycles. The topological polar surface area (TPSA) is 56.7 Å². The number of piperazine rings is 1. The molecule has 0 spiro atoms. The Morgan fingerprint density at radius 2 is 1.62 bits per heavy atom. The Kier molecular flexibility index (Phi) is 8.24. The van der Waals surface area contributed by atoms with Gasteiger partial charge in [-0.25, -0.2) is 0 Å². The van der Waals surface area contributed by atoms with E-state index < -0.39 is 41.4 Å². The van der Waals surface area contributed by atoms with Gasteiger partial charge in [0.2, 0.25) is 0 Å². The quantitative estimate of drug-likeness (QED) is 0.333. The number of halogens is 5. The molecule has 10 heteroatoms. The monoisotopic (exact) mass is 655 g/mol. The Bertz CT molecular complexity index is 1560. The third-order valence-electron chi connectivity index (χ3n) is 12.1. The summed E-state index contributed by atoms with van der Waals surface area (Å²) in [4.78, 5) is 21.5. The number of pyridine rings is 1. The molecule has 5 aliphatic rings. The van der Waals surface area contributed by atoms with Gasteiger partial charge < -0.3 is 5.11 Å². The van der Waals surface area contributed by atoms with Crippen molar-refractivity contribution < 1.29 is 31.9 Å². The summed E-state index contributed by atoms with van der Waals surface area (Å²) < 4.78 is 72.1. The van der Waals surface area contributed by atoms with Crippen LogP contribution in [0.2, 0.25) is 0 Å². The maximum absolute atomic E-state index is 15.3. The molecule has 1 saturated heterocycles. The van der Waals surface area contributed by atoms with Crippen LogP contribution < -0.4 is 0 Å². The minimum atomic E-state index is -5.86. The zero-order valence-corrected chi connectivity index (χ0v) is 26.7. The lowest BCUT2D eigenvalue weighted by molar-refractivity contribution is -0.362. The number of aliphatic hydroxyl groups is 1. The second-order valence-electron chi connectivity index (χ2n) is 14.6. The Labute approximate surface area is 272 Å². The van der Waals surface area contributed by atoms with E-state index >= 15 is 8.78 Å². The Morgan fingerprint density at radius 1 is 0.915 bits per heavy atom. The van der Waals surface area contributed by atoms with Gasteiger partial charge in [0.25, 0.3) is 0 Å². The average Bonchev–Trinajstić information content (AvgIpc) is 3.33. The van der Waals surface area contributed by atoms with Crippen LogP contribution in [0.4, 0.5) is 22.0 Å². The summed E-state index contributed by atoms with van der Waals surface area (Å²) >= 11 is 0. The number of alkyl halides is 5. The fourth-order valence-corrected chi connectivity index (χ4v) is 9.65. The SMILES string of the molecule is CC12CC(c3ccc(CN4CCN(Cc5ccccn5)CC4)cc3)C3=C4CCC(=O)C=C4CCC3C1CCC2(O)C(F)(F)C(F)(F)F. The number of aromatic nitrogens is 1. The predicted octanol–water partition coefficient (Wildman–Crippen LogP) is 7.23. The number of carbonyl (C=O) groups is 1. The normalized spacial score (nSPS) is 32.1. The third kappa shape index (κ3) is 5.48. The molecular weight excluding hydrogens is 613 g/mol. The molecule has 2 heterocycles. The first-order valence-corrected chi connectivity index (χ1v) is 16.9. The van der Waals surface area contributed by atoms with Crippen molar-refractivity contribution in [3.63, 3.8) is 0 Å². The number of ketones is 1. The van der Waals surface area contributed by atoms with Crippen molar-refractivity contribution in [3.05, 3.63) is 88.3 Å². The molecule has 5 unspecified atom stereocenters. The molecule has 5 atom stereocenters. The summed E-state index contributed by atoms with van der Waals surface area (Å²) in [6.45, 7) is 6.72. The van der Waals surface area contributed by atoms with E-state index in [-0.39, 0.29) is 24.5 Å². The molecule has 3 fully saturated rings. The van der Waals surface area contributed by atoms with Crippen molar-refractivity contribution in [1.82, 2.24) is 14.8 Å². The minimum absolute atomic E-state index is 0.00598. The van der Waals surface area contributed by atoms with Gasteiger partial charge in [-0.15, -0.1) is 0 Å². The lowest BCUT2D eigenvalue weighted by Crippen LogP contribution is -2.65. The summed E-state index contributed by atoms with van der Waals surface area (Å²) in [5, 5.41) is 11.5. The van der Waals surface area contributed by atoms with E-state index in [4.69, 9.17) is 0 Å². The zero-order chi connectivity index (χ0) is 33.2. The van der Waals surface area contributed by atoms with E-state index in [1.165, 1.54) is 6.92 Å². The van der Waals surface area contributed by atoms with Gasteiger partial charge in [0.05, 0.1) is 5.69 Å². The van der Waals surface area contributed by atoms with Gasteiger partial charge in [-0.2, -0.15) is 22.0 Å². The van der Waals surface area contributed by atoms with Crippen LogP contribution in [0.1, 0.15) is 74.6 Å². The van der Waals surface area contributed by atoms with E-state index in [2.05, 4.69) is 14.8 Å². The first kappa shape index (κ1) is 32.6. The Balaban J connectivity index is 1.15. The highest BCUT2D eigenvalue weighted by Crippen LogP contribution is 2.70. The fraction of sp³-hybridized carbons (Fsp3) is 0.568. The number of hydrogen-bond acceptors (Lipinski definition) is 5. The van der Waals surface area contributed by atoms with Gasteiger partial charge in [0, 0.05) is 63.2 Å². The van der Waals surface area contributed by atoms with Crippen molar-refractivity contribution in [2.75, 3.05) is 26.2 Å². The minimum Gasteiger partial charge on any atom is -0.383 e. The molecule has 5 nitrogen and oxygen atoms in total. The number of fused-ring (bicyclic) bond motifs is 4. The first-order chi connectivity index (χ1) is 22.3. The van der Waals surface area contributed by atoms with Gasteiger partial charge in [-0.05, 0) is 90.8 Å². The summed E-state index contributed by atoms with van der Waals surface area (Å²) in [5.74, 6) is -6.32. The number of allylic oxidation sites excluding steroid dienone is 4. The molecule has 4 aliphatic carbocycles. The fourth-order valence-electron chi connectivity index (χ4n) is 9.65. The Hall–Kier alpha value is -2.95. The smallest absolute Gasteiger partial charge is 0.383 e. The maximum atomic E-state index is 15.3. The number of nitrogens with zero attached hydrogens (tertiary/aromatic N) is 3. The van der Waals surface area contributed by atoms with Crippen molar-refractivity contribution >= 4 is 5.78 Å². The number of benzene rings is 1. The van der Waals surface area contributed by atoms with E-state index in [9.17, 15) is 23.1 Å². The molecule has 1 aromatic carbocycles. The molecular formula is C37H42F5N3O2. The molecule has 0 bridgehead atoms. The lowest BCUT2D eigenvalue weighted by Gasteiger charge is -2.56. The standard InChI is InChI=1S/C37H42F5N3O2/c1-34-21-31(25-7-5-24(6-8-25)22-44-16-18-45(19-17-44)23-27-4-2-3-15-43-27)33-29-12-10-28(46)20-26(29)9-11-30(33)32(34)13-14-35(34,47)36(38,39)37(40,41)42/h2-8,15,20,30-32,47H,9-14,16-19,21-23H2,1H3. The largest absolute Gasteiger partial charge is 0.456 e. The van der Waals surface area contributed by atoms with E-state index in [0.29, 0.717) is 25.7 Å². The van der Waals surface area contributed by atoms with E-state index in [1.807, 2.05) is 48.7 Å². The molecule has 252 valence electrons. The van der Waals surface area contributed by atoms with Crippen LogP contribution in [0.3, 0.4) is 0 Å². The van der Waals surface area contributed by atoms with Gasteiger partial charge in [0.15, 0.2) is 5.78 Å². The average molecular weight is 656 g/mol. The molecule has 0 amide bonds. The summed E-state index contributed by atoms with van der Waals surface area (Å²) in [5.41, 5.74) is 1.33. The molecule has 1 aromatic heterocycles. The maximum Gasteiger partial charge on any atom is 0.456 e. The molecule has 0 radical (unpaired) electrons. The van der Waals surface area contributed by atoms with Crippen LogP contribution in [0.15, 0.2) is 71.5 Å². The van der Waals surface area contributed by atoms with Crippen molar-refractivity contribution in [2.45, 2.75) is 88.6 Å². The van der Waals surface area contributed by atoms with Crippen LogP contribution >= 0.6 is 0 Å². The molecule has 47 heavy (non-hydrogen) atoms. The van der Waals surface area contributed by atoms with Crippen molar-refractivity contribution in [1.29, 1.82) is 0 Å². The zero-order valence-electron chi connectivity index (χ0n) is 26.7. The molecule has 2 aromatic rings.